The van der Waals surface area contributed by atoms with Gasteiger partial charge in [-0.05, 0) is 32.1 Å². The Morgan fingerprint density at radius 3 is 2.38 bits per heavy atom. The van der Waals surface area contributed by atoms with Crippen LogP contribution in [-0.4, -0.2) is 5.78 Å². The Labute approximate surface area is 82.2 Å². The normalized spacial score (nSPS) is 14.8. The summed E-state index contributed by atoms with van der Waals surface area (Å²) in [6.45, 7) is 10.1. The third-order valence-electron chi connectivity index (χ3n) is 2.97. The molecule has 0 fully saturated rings. The summed E-state index contributed by atoms with van der Waals surface area (Å²) in [4.78, 5) is 11.2. The molecule has 1 nitrogen and oxygen atoms in total. The molecule has 0 N–H and O–H groups in total. The van der Waals surface area contributed by atoms with E-state index in [4.69, 9.17) is 0 Å². The number of rotatable bonds is 5. The summed E-state index contributed by atoms with van der Waals surface area (Å²) in [6, 6.07) is 0. The first kappa shape index (κ1) is 12.4. The highest BCUT2D eigenvalue weighted by Gasteiger charge is 2.27. The van der Waals surface area contributed by atoms with Gasteiger partial charge in [0.05, 0.1) is 0 Å². The van der Waals surface area contributed by atoms with Crippen molar-refractivity contribution in [2.24, 2.45) is 11.3 Å². The lowest BCUT2D eigenvalue weighted by Crippen LogP contribution is -2.26. The monoisotopic (exact) mass is 182 g/mol. The first-order valence-corrected chi connectivity index (χ1v) is 5.03. The average molecular weight is 182 g/mol. The molecule has 0 aliphatic carbocycles. The number of Topliss-reactive ketones (excluding diaryl/α,β-unsaturated/α-hetero) is 1. The summed E-state index contributed by atoms with van der Waals surface area (Å²) >= 11 is 0. The quantitative estimate of drug-likeness (QED) is 0.594. The molecule has 0 aliphatic heterocycles. The zero-order valence-electron chi connectivity index (χ0n) is 9.55. The van der Waals surface area contributed by atoms with E-state index in [2.05, 4.69) is 26.0 Å². The molecule has 0 aromatic heterocycles. The molecule has 0 saturated heterocycles. The second kappa shape index (κ2) is 5.21. The number of carbonyl (C=O) groups excluding carboxylic acids is 1. The maximum atomic E-state index is 11.2. The molecule has 0 saturated carbocycles. The predicted molar refractivity (Wildman–Crippen MR) is 57.7 cm³/mol. The van der Waals surface area contributed by atoms with Crippen molar-refractivity contribution in [3.8, 4) is 0 Å². The van der Waals surface area contributed by atoms with Crippen LogP contribution in [0.3, 0.4) is 0 Å². The van der Waals surface area contributed by atoms with Crippen LogP contribution >= 0.6 is 0 Å². The van der Waals surface area contributed by atoms with Crippen LogP contribution in [0.2, 0.25) is 0 Å². The predicted octanol–water partition coefficient (Wildman–Crippen LogP) is 3.59. The van der Waals surface area contributed by atoms with Gasteiger partial charge in [0.2, 0.25) is 0 Å². The SMILES string of the molecule is CC=CCCC(C)(C)C(C)C(C)=O. The van der Waals surface area contributed by atoms with Gasteiger partial charge in [0.15, 0.2) is 0 Å². The lowest BCUT2D eigenvalue weighted by molar-refractivity contribution is -0.123. The number of hydrogen-bond acceptors (Lipinski definition) is 1. The molecule has 0 bridgehead atoms. The van der Waals surface area contributed by atoms with Crippen molar-refractivity contribution in [2.75, 3.05) is 0 Å². The van der Waals surface area contributed by atoms with Gasteiger partial charge in [-0.3, -0.25) is 4.79 Å². The smallest absolute Gasteiger partial charge is 0.133 e. The van der Waals surface area contributed by atoms with E-state index in [-0.39, 0.29) is 11.3 Å². The molecule has 0 heterocycles. The average Bonchev–Trinajstić information content (AvgIpc) is 2.03. The Morgan fingerprint density at radius 2 is 2.00 bits per heavy atom. The molecule has 0 amide bonds. The van der Waals surface area contributed by atoms with E-state index in [1.807, 2.05) is 13.8 Å². The number of ketones is 1. The fourth-order valence-corrected chi connectivity index (χ4v) is 1.39. The van der Waals surface area contributed by atoms with Gasteiger partial charge in [-0.2, -0.15) is 0 Å². The molecule has 0 aromatic carbocycles. The van der Waals surface area contributed by atoms with Crippen molar-refractivity contribution in [1.82, 2.24) is 0 Å². The van der Waals surface area contributed by atoms with Crippen LogP contribution in [0.5, 0.6) is 0 Å². The standard InChI is InChI=1S/C12H22O/c1-6-7-8-9-12(4,5)10(2)11(3)13/h6-7,10H,8-9H2,1-5H3. The van der Waals surface area contributed by atoms with Gasteiger partial charge >= 0.3 is 0 Å². The Morgan fingerprint density at radius 1 is 1.46 bits per heavy atom. The van der Waals surface area contributed by atoms with E-state index in [0.29, 0.717) is 5.78 Å². The zero-order valence-corrected chi connectivity index (χ0v) is 9.55. The van der Waals surface area contributed by atoms with E-state index in [9.17, 15) is 4.79 Å². The molecular formula is C12H22O. The summed E-state index contributed by atoms with van der Waals surface area (Å²) in [5, 5.41) is 0. The minimum Gasteiger partial charge on any atom is -0.300 e. The van der Waals surface area contributed by atoms with Gasteiger partial charge < -0.3 is 0 Å². The molecule has 0 aromatic rings. The molecule has 76 valence electrons. The highest BCUT2D eigenvalue weighted by Crippen LogP contribution is 2.32. The molecule has 1 heteroatoms. The van der Waals surface area contributed by atoms with Crippen LogP contribution < -0.4 is 0 Å². The maximum Gasteiger partial charge on any atom is 0.133 e. The van der Waals surface area contributed by atoms with Crippen LogP contribution in [0.1, 0.15) is 47.5 Å². The van der Waals surface area contributed by atoms with Crippen molar-refractivity contribution in [3.63, 3.8) is 0 Å². The van der Waals surface area contributed by atoms with Crippen molar-refractivity contribution < 1.29 is 4.79 Å². The minimum atomic E-state index is 0.130. The van der Waals surface area contributed by atoms with Gasteiger partial charge in [-0.15, -0.1) is 0 Å². The summed E-state index contributed by atoms with van der Waals surface area (Å²) < 4.78 is 0. The third-order valence-corrected chi connectivity index (χ3v) is 2.97. The topological polar surface area (TPSA) is 17.1 Å². The minimum absolute atomic E-state index is 0.130. The van der Waals surface area contributed by atoms with Crippen molar-refractivity contribution >= 4 is 5.78 Å². The van der Waals surface area contributed by atoms with Crippen LogP contribution in [0.4, 0.5) is 0 Å². The number of allylic oxidation sites excluding steroid dienone is 2. The molecule has 0 spiro atoms. The Kier molecular flexibility index (Phi) is 4.97. The third kappa shape index (κ3) is 4.25. The van der Waals surface area contributed by atoms with Gasteiger partial charge in [0.25, 0.3) is 0 Å². The fraction of sp³-hybridized carbons (Fsp3) is 0.750. The molecule has 0 aliphatic rings. The molecule has 1 atom stereocenters. The van der Waals surface area contributed by atoms with Gasteiger partial charge in [-0.25, -0.2) is 0 Å². The van der Waals surface area contributed by atoms with E-state index in [1.165, 1.54) is 0 Å². The first-order chi connectivity index (χ1) is 5.91. The van der Waals surface area contributed by atoms with Gasteiger partial charge in [0.1, 0.15) is 5.78 Å². The lowest BCUT2D eigenvalue weighted by Gasteiger charge is -2.29. The zero-order chi connectivity index (χ0) is 10.5. The summed E-state index contributed by atoms with van der Waals surface area (Å²) in [5.74, 6) is 0.461. The number of hydrogen-bond donors (Lipinski definition) is 0. The van der Waals surface area contributed by atoms with Crippen molar-refractivity contribution in [2.45, 2.75) is 47.5 Å². The molecule has 1 unspecified atom stereocenters. The Bertz CT molecular complexity index is 189. The molecular weight excluding hydrogens is 160 g/mol. The highest BCUT2D eigenvalue weighted by atomic mass is 16.1. The van der Waals surface area contributed by atoms with Crippen LogP contribution in [-0.2, 0) is 4.79 Å². The first-order valence-electron chi connectivity index (χ1n) is 5.03. The largest absolute Gasteiger partial charge is 0.300 e. The van der Waals surface area contributed by atoms with E-state index >= 15 is 0 Å². The van der Waals surface area contributed by atoms with Gasteiger partial charge in [0, 0.05) is 5.92 Å². The Hall–Kier alpha value is -0.590. The molecule has 13 heavy (non-hydrogen) atoms. The van der Waals surface area contributed by atoms with E-state index < -0.39 is 0 Å². The van der Waals surface area contributed by atoms with E-state index in [1.54, 1.807) is 6.92 Å². The van der Waals surface area contributed by atoms with E-state index in [0.717, 1.165) is 12.8 Å². The molecule has 0 rings (SSSR count). The second-order valence-electron chi connectivity index (χ2n) is 4.43. The fourth-order valence-electron chi connectivity index (χ4n) is 1.39. The lowest BCUT2D eigenvalue weighted by atomic mass is 9.74. The second-order valence-corrected chi connectivity index (χ2v) is 4.43. The Balaban J connectivity index is 4.13. The summed E-state index contributed by atoms with van der Waals surface area (Å²) in [5.41, 5.74) is 0.130. The molecule has 0 radical (unpaired) electrons. The summed E-state index contributed by atoms with van der Waals surface area (Å²) in [7, 11) is 0. The van der Waals surface area contributed by atoms with Crippen LogP contribution in [0.15, 0.2) is 12.2 Å². The number of carbonyl (C=O) groups is 1. The van der Waals surface area contributed by atoms with Crippen LogP contribution in [0, 0.1) is 11.3 Å². The van der Waals surface area contributed by atoms with Crippen LogP contribution in [0.25, 0.3) is 0 Å². The van der Waals surface area contributed by atoms with Crippen molar-refractivity contribution in [1.29, 1.82) is 0 Å². The van der Waals surface area contributed by atoms with Gasteiger partial charge in [-0.1, -0.05) is 32.9 Å². The summed E-state index contributed by atoms with van der Waals surface area (Å²) in [6.07, 6.45) is 6.38. The van der Waals surface area contributed by atoms with Crippen molar-refractivity contribution in [3.05, 3.63) is 12.2 Å². The maximum absolute atomic E-state index is 11.2. The highest BCUT2D eigenvalue weighted by molar-refractivity contribution is 5.78.